The number of halogens is 6. The van der Waals surface area contributed by atoms with Crippen molar-refractivity contribution in [3.8, 4) is 0 Å². The van der Waals surface area contributed by atoms with Gasteiger partial charge in [-0.05, 0) is 12.8 Å². The molecule has 0 aromatic heterocycles. The Morgan fingerprint density at radius 3 is 1.22 bits per heavy atom. The lowest BCUT2D eigenvalue weighted by Gasteiger charge is -2.12. The van der Waals surface area contributed by atoms with Crippen LogP contribution in [0.15, 0.2) is 0 Å². The molecule has 0 aromatic carbocycles. The van der Waals surface area contributed by atoms with Crippen molar-refractivity contribution in [1.82, 2.24) is 10.6 Å². The molecule has 0 spiro atoms. The lowest BCUT2D eigenvalue weighted by molar-refractivity contribution is -0.121. The van der Waals surface area contributed by atoms with Crippen LogP contribution in [-0.4, -0.2) is 32.5 Å². The van der Waals surface area contributed by atoms with Crippen LogP contribution in [-0.2, 0) is 9.59 Å². The number of nitrogens with one attached hydrogen (secondary N) is 2. The van der Waals surface area contributed by atoms with E-state index in [1.165, 1.54) is 0 Å². The van der Waals surface area contributed by atoms with Gasteiger partial charge in [0.2, 0.25) is 0 Å². The standard InChI is InChI=1S/C8H10Cl6N2O2/c9-7(10,11)5(17)15-3-1-2-4-16-6(18)8(12,13)14/h1-4H2,(H,15,17)(H,16,18). The summed E-state index contributed by atoms with van der Waals surface area (Å²) in [4.78, 5) is 22.2. The summed E-state index contributed by atoms with van der Waals surface area (Å²) in [5, 5.41) is 4.83. The van der Waals surface area contributed by atoms with Crippen molar-refractivity contribution in [1.29, 1.82) is 0 Å². The Morgan fingerprint density at radius 2 is 1.00 bits per heavy atom. The van der Waals surface area contributed by atoms with Gasteiger partial charge in [0, 0.05) is 13.1 Å². The van der Waals surface area contributed by atoms with Gasteiger partial charge in [0.1, 0.15) is 0 Å². The molecule has 0 fully saturated rings. The average Bonchev–Trinajstić information content (AvgIpc) is 2.19. The monoisotopic (exact) mass is 376 g/mol. The van der Waals surface area contributed by atoms with Gasteiger partial charge in [-0.25, -0.2) is 0 Å². The number of carbonyl (C=O) groups is 2. The first kappa shape index (κ1) is 18.7. The fourth-order valence-electron chi connectivity index (χ4n) is 0.854. The minimum Gasteiger partial charge on any atom is -0.352 e. The first-order valence-corrected chi connectivity index (χ1v) is 7.02. The molecule has 0 radical (unpaired) electrons. The van der Waals surface area contributed by atoms with Gasteiger partial charge in [-0.1, -0.05) is 69.6 Å². The molecule has 2 N–H and O–H groups in total. The van der Waals surface area contributed by atoms with Crippen molar-refractivity contribution in [3.63, 3.8) is 0 Å². The molecule has 0 bridgehead atoms. The van der Waals surface area contributed by atoms with E-state index in [4.69, 9.17) is 69.6 Å². The maximum absolute atomic E-state index is 11.1. The average molecular weight is 379 g/mol. The first-order valence-electron chi connectivity index (χ1n) is 4.75. The molecular formula is C8H10Cl6N2O2. The summed E-state index contributed by atoms with van der Waals surface area (Å²) in [7, 11) is 0. The van der Waals surface area contributed by atoms with Crippen LogP contribution in [0.2, 0.25) is 0 Å². The topological polar surface area (TPSA) is 58.2 Å². The second kappa shape index (κ2) is 8.08. The van der Waals surface area contributed by atoms with E-state index in [-0.39, 0.29) is 0 Å². The van der Waals surface area contributed by atoms with E-state index < -0.39 is 19.4 Å². The van der Waals surface area contributed by atoms with Crippen LogP contribution in [0.1, 0.15) is 12.8 Å². The molecule has 0 atom stereocenters. The normalized spacial score (nSPS) is 12.1. The van der Waals surface area contributed by atoms with E-state index in [0.29, 0.717) is 25.9 Å². The highest BCUT2D eigenvalue weighted by Gasteiger charge is 2.30. The Balaban J connectivity index is 3.60. The third-order valence-corrected chi connectivity index (χ3v) is 2.72. The molecule has 0 aliphatic carbocycles. The zero-order chi connectivity index (χ0) is 14.4. The molecule has 0 saturated heterocycles. The molecule has 0 unspecified atom stereocenters. The maximum Gasteiger partial charge on any atom is 0.272 e. The zero-order valence-electron chi connectivity index (χ0n) is 8.91. The quantitative estimate of drug-likeness (QED) is 0.571. The third kappa shape index (κ3) is 8.73. The van der Waals surface area contributed by atoms with E-state index in [9.17, 15) is 9.59 Å². The second-order valence-corrected chi connectivity index (χ2v) is 7.78. The third-order valence-electron chi connectivity index (χ3n) is 1.69. The number of alkyl halides is 6. The van der Waals surface area contributed by atoms with Crippen molar-refractivity contribution < 1.29 is 9.59 Å². The second-order valence-electron chi connectivity index (χ2n) is 3.21. The van der Waals surface area contributed by atoms with Gasteiger partial charge in [-0.3, -0.25) is 9.59 Å². The smallest absolute Gasteiger partial charge is 0.272 e. The van der Waals surface area contributed by atoms with Crippen LogP contribution in [0.3, 0.4) is 0 Å². The lowest BCUT2D eigenvalue weighted by atomic mass is 10.3. The summed E-state index contributed by atoms with van der Waals surface area (Å²) in [5.41, 5.74) is 0. The van der Waals surface area contributed by atoms with Crippen LogP contribution >= 0.6 is 69.6 Å². The molecule has 0 heterocycles. The molecule has 0 aliphatic heterocycles. The van der Waals surface area contributed by atoms with Crippen molar-refractivity contribution in [3.05, 3.63) is 0 Å². The summed E-state index contributed by atoms with van der Waals surface area (Å²) in [6.45, 7) is 0.632. The van der Waals surface area contributed by atoms with Crippen molar-refractivity contribution in [2.45, 2.75) is 20.4 Å². The number of carbonyl (C=O) groups excluding carboxylic acids is 2. The van der Waals surface area contributed by atoms with E-state index in [2.05, 4.69) is 10.6 Å². The highest BCUT2D eigenvalue weighted by Crippen LogP contribution is 2.26. The highest BCUT2D eigenvalue weighted by molar-refractivity contribution is 6.76. The fourth-order valence-corrected chi connectivity index (χ4v) is 1.26. The predicted octanol–water partition coefficient (Wildman–Crippen LogP) is 2.74. The van der Waals surface area contributed by atoms with Crippen LogP contribution in [0.5, 0.6) is 0 Å². The molecule has 0 aromatic rings. The largest absolute Gasteiger partial charge is 0.352 e. The summed E-state index contributed by atoms with van der Waals surface area (Å²) >= 11 is 32.0. The molecule has 18 heavy (non-hydrogen) atoms. The Hall–Kier alpha value is 0.680. The van der Waals surface area contributed by atoms with Gasteiger partial charge in [0.05, 0.1) is 0 Å². The van der Waals surface area contributed by atoms with Crippen LogP contribution in [0.25, 0.3) is 0 Å². The Kier molecular flexibility index (Phi) is 8.38. The van der Waals surface area contributed by atoms with Crippen LogP contribution in [0.4, 0.5) is 0 Å². The minimum absolute atomic E-state index is 0.316. The number of hydrogen-bond acceptors (Lipinski definition) is 2. The summed E-state index contributed by atoms with van der Waals surface area (Å²) in [6.07, 6.45) is 1.15. The first-order chi connectivity index (χ1) is 8.05. The van der Waals surface area contributed by atoms with Gasteiger partial charge in [-0.15, -0.1) is 0 Å². The lowest BCUT2D eigenvalue weighted by Crippen LogP contribution is -2.36. The Morgan fingerprint density at radius 1 is 0.722 bits per heavy atom. The summed E-state index contributed by atoms with van der Waals surface area (Å²) in [6, 6.07) is 0. The number of unbranched alkanes of at least 4 members (excludes halogenated alkanes) is 1. The van der Waals surface area contributed by atoms with Gasteiger partial charge in [0.15, 0.2) is 0 Å². The minimum atomic E-state index is -1.97. The van der Waals surface area contributed by atoms with Gasteiger partial charge in [-0.2, -0.15) is 0 Å². The number of amides is 2. The van der Waals surface area contributed by atoms with E-state index in [1.54, 1.807) is 0 Å². The number of hydrogen-bond donors (Lipinski definition) is 2. The molecule has 10 heteroatoms. The van der Waals surface area contributed by atoms with Crippen molar-refractivity contribution >= 4 is 81.4 Å². The summed E-state index contributed by atoms with van der Waals surface area (Å²) in [5.74, 6) is -1.39. The van der Waals surface area contributed by atoms with Crippen LogP contribution in [0, 0.1) is 0 Å². The molecule has 4 nitrogen and oxygen atoms in total. The van der Waals surface area contributed by atoms with E-state index >= 15 is 0 Å². The Labute approximate surface area is 135 Å². The molecule has 0 saturated carbocycles. The summed E-state index contributed by atoms with van der Waals surface area (Å²) < 4.78 is -3.94. The van der Waals surface area contributed by atoms with E-state index in [1.807, 2.05) is 0 Å². The van der Waals surface area contributed by atoms with Gasteiger partial charge < -0.3 is 10.6 Å². The van der Waals surface area contributed by atoms with Crippen molar-refractivity contribution in [2.24, 2.45) is 0 Å². The van der Waals surface area contributed by atoms with Crippen molar-refractivity contribution in [2.75, 3.05) is 13.1 Å². The molecule has 2 amide bonds. The van der Waals surface area contributed by atoms with Gasteiger partial charge in [0.25, 0.3) is 19.4 Å². The molecular weight excluding hydrogens is 369 g/mol. The molecule has 106 valence electrons. The SMILES string of the molecule is O=C(NCCCCNC(=O)C(Cl)(Cl)Cl)C(Cl)(Cl)Cl. The molecule has 0 rings (SSSR count). The molecule has 0 aliphatic rings. The van der Waals surface area contributed by atoms with Gasteiger partial charge >= 0.3 is 0 Å². The highest BCUT2D eigenvalue weighted by atomic mass is 35.6. The Bertz CT molecular complexity index is 269. The number of rotatable bonds is 5. The predicted molar refractivity (Wildman–Crippen MR) is 75.8 cm³/mol. The maximum atomic E-state index is 11.1. The zero-order valence-corrected chi connectivity index (χ0v) is 13.4. The fraction of sp³-hybridized carbons (Fsp3) is 0.750. The van der Waals surface area contributed by atoms with Crippen LogP contribution < -0.4 is 10.6 Å². The van der Waals surface area contributed by atoms with E-state index in [0.717, 1.165) is 0 Å².